The molecule has 0 atom stereocenters. The highest BCUT2D eigenvalue weighted by atomic mass is 16.6. The van der Waals surface area contributed by atoms with E-state index < -0.39 is 4.92 Å². The van der Waals surface area contributed by atoms with Crippen LogP contribution < -0.4 is 0 Å². The van der Waals surface area contributed by atoms with Crippen LogP contribution in [0.15, 0.2) is 48.8 Å². The molecule has 0 radical (unpaired) electrons. The van der Waals surface area contributed by atoms with E-state index >= 15 is 0 Å². The lowest BCUT2D eigenvalue weighted by atomic mass is 10.1. The SMILES string of the molecule is CCN(Cc1ccccc1[N+](=O)[O-])C(=O)c1ccncc1. The largest absolute Gasteiger partial charge is 0.334 e. The number of nitro benzene ring substituents is 1. The fraction of sp³-hybridized carbons (Fsp3) is 0.200. The lowest BCUT2D eigenvalue weighted by molar-refractivity contribution is -0.385. The Kier molecular flexibility index (Phi) is 4.61. The van der Waals surface area contributed by atoms with Gasteiger partial charge < -0.3 is 4.90 Å². The van der Waals surface area contributed by atoms with Gasteiger partial charge in [0.1, 0.15) is 0 Å². The summed E-state index contributed by atoms with van der Waals surface area (Å²) in [7, 11) is 0. The van der Waals surface area contributed by atoms with Crippen molar-refractivity contribution >= 4 is 11.6 Å². The van der Waals surface area contributed by atoms with Crippen LogP contribution in [0, 0.1) is 10.1 Å². The highest BCUT2D eigenvalue weighted by Gasteiger charge is 2.19. The molecule has 0 fully saturated rings. The summed E-state index contributed by atoms with van der Waals surface area (Å²) in [5, 5.41) is 11.0. The van der Waals surface area contributed by atoms with Crippen LogP contribution in [-0.2, 0) is 6.54 Å². The van der Waals surface area contributed by atoms with E-state index in [1.54, 1.807) is 47.6 Å². The average molecular weight is 285 g/mol. The molecule has 0 saturated heterocycles. The number of rotatable bonds is 5. The molecule has 6 heteroatoms. The molecule has 6 nitrogen and oxygen atoms in total. The zero-order valence-corrected chi connectivity index (χ0v) is 11.6. The number of nitro groups is 1. The van der Waals surface area contributed by atoms with E-state index in [-0.39, 0.29) is 18.1 Å². The first-order valence-corrected chi connectivity index (χ1v) is 6.55. The maximum Gasteiger partial charge on any atom is 0.274 e. The van der Waals surface area contributed by atoms with E-state index in [9.17, 15) is 14.9 Å². The summed E-state index contributed by atoms with van der Waals surface area (Å²) < 4.78 is 0. The van der Waals surface area contributed by atoms with Gasteiger partial charge in [-0.3, -0.25) is 19.9 Å². The summed E-state index contributed by atoms with van der Waals surface area (Å²) in [6.07, 6.45) is 3.10. The molecule has 0 aliphatic carbocycles. The summed E-state index contributed by atoms with van der Waals surface area (Å²) in [5.41, 5.74) is 1.07. The molecule has 0 aliphatic rings. The standard InChI is InChI=1S/C15H15N3O3/c1-2-17(15(19)12-7-9-16-10-8-12)11-13-5-3-4-6-14(13)18(20)21/h3-10H,2,11H2,1H3. The van der Waals surface area contributed by atoms with Gasteiger partial charge in [-0.2, -0.15) is 0 Å². The van der Waals surface area contributed by atoms with Crippen molar-refractivity contribution in [1.29, 1.82) is 0 Å². The van der Waals surface area contributed by atoms with Crippen LogP contribution in [0.4, 0.5) is 5.69 Å². The van der Waals surface area contributed by atoms with Crippen molar-refractivity contribution in [3.8, 4) is 0 Å². The molecule has 0 bridgehead atoms. The van der Waals surface area contributed by atoms with Crippen molar-refractivity contribution in [3.63, 3.8) is 0 Å². The minimum Gasteiger partial charge on any atom is -0.334 e. The zero-order valence-electron chi connectivity index (χ0n) is 11.6. The molecular formula is C15H15N3O3. The topological polar surface area (TPSA) is 76.3 Å². The van der Waals surface area contributed by atoms with Gasteiger partial charge in [0.15, 0.2) is 0 Å². The van der Waals surface area contributed by atoms with E-state index in [4.69, 9.17) is 0 Å². The number of carbonyl (C=O) groups excluding carboxylic acids is 1. The maximum absolute atomic E-state index is 12.4. The molecule has 0 spiro atoms. The average Bonchev–Trinajstić information content (AvgIpc) is 2.53. The third-order valence-electron chi connectivity index (χ3n) is 3.15. The fourth-order valence-electron chi connectivity index (χ4n) is 2.03. The predicted octanol–water partition coefficient (Wildman–Crippen LogP) is 2.65. The Morgan fingerprint density at radius 2 is 1.90 bits per heavy atom. The van der Waals surface area contributed by atoms with Crippen molar-refractivity contribution in [3.05, 3.63) is 70.0 Å². The number of aromatic nitrogens is 1. The maximum atomic E-state index is 12.4. The minimum atomic E-state index is -0.430. The Morgan fingerprint density at radius 1 is 1.24 bits per heavy atom. The Balaban J connectivity index is 2.24. The number of benzene rings is 1. The van der Waals surface area contributed by atoms with Gasteiger partial charge in [-0.25, -0.2) is 0 Å². The lowest BCUT2D eigenvalue weighted by Gasteiger charge is -2.20. The quantitative estimate of drug-likeness (QED) is 0.625. The normalized spacial score (nSPS) is 10.1. The van der Waals surface area contributed by atoms with E-state index in [1.807, 2.05) is 6.92 Å². The van der Waals surface area contributed by atoms with Crippen LogP contribution in [0.25, 0.3) is 0 Å². The second-order valence-corrected chi connectivity index (χ2v) is 4.44. The summed E-state index contributed by atoms with van der Waals surface area (Å²) in [6, 6.07) is 9.71. The molecule has 0 aliphatic heterocycles. The van der Waals surface area contributed by atoms with Crippen LogP contribution in [0.1, 0.15) is 22.8 Å². The molecule has 108 valence electrons. The van der Waals surface area contributed by atoms with Crippen LogP contribution in [0.2, 0.25) is 0 Å². The van der Waals surface area contributed by atoms with E-state index in [0.717, 1.165) is 0 Å². The number of hydrogen-bond donors (Lipinski definition) is 0. The third-order valence-corrected chi connectivity index (χ3v) is 3.15. The van der Waals surface area contributed by atoms with Crippen molar-refractivity contribution in [2.75, 3.05) is 6.54 Å². The first-order chi connectivity index (χ1) is 10.1. The van der Waals surface area contributed by atoms with Gasteiger partial charge in [-0.15, -0.1) is 0 Å². The highest BCUT2D eigenvalue weighted by molar-refractivity contribution is 5.94. The summed E-state index contributed by atoms with van der Waals surface area (Å²) in [6.45, 7) is 2.51. The van der Waals surface area contributed by atoms with Gasteiger partial charge >= 0.3 is 0 Å². The van der Waals surface area contributed by atoms with Crippen molar-refractivity contribution < 1.29 is 9.72 Å². The molecule has 1 amide bonds. The summed E-state index contributed by atoms with van der Waals surface area (Å²) >= 11 is 0. The Morgan fingerprint density at radius 3 is 2.52 bits per heavy atom. The summed E-state index contributed by atoms with van der Waals surface area (Å²) in [4.78, 5) is 28.4. The predicted molar refractivity (Wildman–Crippen MR) is 77.7 cm³/mol. The van der Waals surface area contributed by atoms with Gasteiger partial charge in [0, 0.05) is 36.1 Å². The number of pyridine rings is 1. The van der Waals surface area contributed by atoms with Crippen LogP contribution in [0.3, 0.4) is 0 Å². The van der Waals surface area contributed by atoms with Gasteiger partial charge in [0.2, 0.25) is 0 Å². The zero-order chi connectivity index (χ0) is 15.2. The van der Waals surface area contributed by atoms with Gasteiger partial charge in [-0.1, -0.05) is 18.2 Å². The lowest BCUT2D eigenvalue weighted by Crippen LogP contribution is -2.30. The first-order valence-electron chi connectivity index (χ1n) is 6.55. The number of hydrogen-bond acceptors (Lipinski definition) is 4. The first kappa shape index (κ1) is 14.6. The molecule has 1 aromatic heterocycles. The monoisotopic (exact) mass is 285 g/mol. The molecule has 2 rings (SSSR count). The van der Waals surface area contributed by atoms with Crippen LogP contribution in [-0.4, -0.2) is 27.3 Å². The fourth-order valence-corrected chi connectivity index (χ4v) is 2.03. The number of para-hydroxylation sites is 1. The van der Waals surface area contributed by atoms with E-state index in [0.29, 0.717) is 17.7 Å². The Labute approximate surface area is 122 Å². The Bertz CT molecular complexity index is 644. The molecule has 21 heavy (non-hydrogen) atoms. The van der Waals surface area contributed by atoms with Gasteiger partial charge in [-0.05, 0) is 19.1 Å². The smallest absolute Gasteiger partial charge is 0.274 e. The minimum absolute atomic E-state index is 0.0264. The number of amides is 1. The van der Waals surface area contributed by atoms with Gasteiger partial charge in [0.05, 0.1) is 11.5 Å². The highest BCUT2D eigenvalue weighted by Crippen LogP contribution is 2.20. The summed E-state index contributed by atoms with van der Waals surface area (Å²) in [5.74, 6) is -0.168. The second-order valence-electron chi connectivity index (χ2n) is 4.44. The van der Waals surface area contributed by atoms with Crippen LogP contribution >= 0.6 is 0 Å². The molecule has 0 saturated carbocycles. The molecule has 1 aromatic carbocycles. The van der Waals surface area contributed by atoms with E-state index in [2.05, 4.69) is 4.98 Å². The molecule has 1 heterocycles. The molecule has 0 N–H and O–H groups in total. The molecular weight excluding hydrogens is 270 g/mol. The third kappa shape index (κ3) is 3.42. The number of nitrogens with zero attached hydrogens (tertiary/aromatic N) is 3. The van der Waals surface area contributed by atoms with Crippen molar-refractivity contribution in [2.45, 2.75) is 13.5 Å². The van der Waals surface area contributed by atoms with Crippen LogP contribution in [0.5, 0.6) is 0 Å². The van der Waals surface area contributed by atoms with Crippen molar-refractivity contribution in [2.24, 2.45) is 0 Å². The number of carbonyl (C=O) groups is 1. The molecule has 2 aromatic rings. The Hall–Kier alpha value is -2.76. The molecule has 0 unspecified atom stereocenters. The van der Waals surface area contributed by atoms with Gasteiger partial charge in [0.25, 0.3) is 11.6 Å². The second kappa shape index (κ2) is 6.60. The van der Waals surface area contributed by atoms with E-state index in [1.165, 1.54) is 6.07 Å². The van der Waals surface area contributed by atoms with Crippen molar-refractivity contribution in [1.82, 2.24) is 9.88 Å².